The van der Waals surface area contributed by atoms with Crippen LogP contribution in [-0.4, -0.2) is 42.9 Å². The summed E-state index contributed by atoms with van der Waals surface area (Å²) in [5.41, 5.74) is 8.79. The average Bonchev–Trinajstić information content (AvgIpc) is 3.23. The first-order valence-electron chi connectivity index (χ1n) is 9.32. The van der Waals surface area contributed by atoms with E-state index in [2.05, 4.69) is 15.3 Å². The van der Waals surface area contributed by atoms with Crippen LogP contribution in [0.5, 0.6) is 0 Å². The van der Waals surface area contributed by atoms with Crippen molar-refractivity contribution in [1.29, 1.82) is 5.41 Å². The van der Waals surface area contributed by atoms with E-state index in [0.29, 0.717) is 31.0 Å². The predicted octanol–water partition coefficient (Wildman–Crippen LogP) is 2.15. The number of ether oxygens (including phenoxy) is 2. The van der Waals surface area contributed by atoms with Gasteiger partial charge in [0.1, 0.15) is 0 Å². The Hall–Kier alpha value is -3.52. The fourth-order valence-corrected chi connectivity index (χ4v) is 3.24. The number of hydrogen-bond donors (Lipinski definition) is 3. The zero-order valence-corrected chi connectivity index (χ0v) is 15.7. The molecule has 148 valence electrons. The quantitative estimate of drug-likeness (QED) is 0.548. The predicted molar refractivity (Wildman–Crippen MR) is 110 cm³/mol. The molecule has 2 aromatic carbocycles. The van der Waals surface area contributed by atoms with Crippen LogP contribution < -0.4 is 11.1 Å². The second-order valence-electron chi connectivity index (χ2n) is 6.75. The third-order valence-electron chi connectivity index (χ3n) is 4.74. The fourth-order valence-electron chi connectivity index (χ4n) is 3.24. The molecule has 0 aliphatic carbocycles. The highest BCUT2D eigenvalue weighted by atomic mass is 16.5. The lowest BCUT2D eigenvalue weighted by Crippen LogP contribution is -2.31. The number of fused-ring (bicyclic) bond motifs is 1. The first-order chi connectivity index (χ1) is 14.1. The van der Waals surface area contributed by atoms with Gasteiger partial charge in [-0.3, -0.25) is 10.2 Å². The van der Waals surface area contributed by atoms with Crippen LogP contribution in [0.2, 0.25) is 0 Å². The Bertz CT molecular complexity index is 981. The van der Waals surface area contributed by atoms with Gasteiger partial charge in [-0.2, -0.15) is 4.99 Å². The number of anilines is 1. The number of aliphatic imine (C=N–C) groups is 2. The zero-order valence-electron chi connectivity index (χ0n) is 15.7. The maximum Gasteiger partial charge on any atom is 0.291 e. The van der Waals surface area contributed by atoms with E-state index in [4.69, 9.17) is 20.6 Å². The molecule has 2 heterocycles. The summed E-state index contributed by atoms with van der Waals surface area (Å²) in [5, 5.41) is 10.8. The summed E-state index contributed by atoms with van der Waals surface area (Å²) in [5.74, 6) is -0.599. The van der Waals surface area contributed by atoms with E-state index >= 15 is 0 Å². The van der Waals surface area contributed by atoms with Crippen LogP contribution in [0.3, 0.4) is 0 Å². The molecule has 4 rings (SSSR count). The molecular formula is C21H21N5O3. The average molecular weight is 391 g/mol. The lowest BCUT2D eigenvalue weighted by atomic mass is 10.0. The minimum absolute atomic E-state index is 0.0201. The molecule has 8 nitrogen and oxygen atoms in total. The molecule has 2 unspecified atom stereocenters. The fraction of sp³-hybridized carbons (Fsp3) is 0.238. The van der Waals surface area contributed by atoms with Gasteiger partial charge in [-0.05, 0) is 12.5 Å². The Labute approximate surface area is 168 Å². The van der Waals surface area contributed by atoms with Gasteiger partial charge in [-0.25, -0.2) is 4.99 Å². The first-order valence-corrected chi connectivity index (χ1v) is 9.32. The number of carbonyl (C=O) groups excluding carboxylic acids is 1. The highest BCUT2D eigenvalue weighted by Crippen LogP contribution is 2.24. The molecule has 4 N–H and O–H groups in total. The molecule has 1 fully saturated rings. The van der Waals surface area contributed by atoms with Crippen LogP contribution >= 0.6 is 0 Å². The minimum atomic E-state index is -1.13. The van der Waals surface area contributed by atoms with Crippen molar-refractivity contribution >= 4 is 29.2 Å². The largest absolute Gasteiger partial charge is 0.411 e. The standard InChI is InChI=1S/C21H21N5O3/c22-18(14-10-11-28-12-14)29-21(23)26-19-20(27)24-16-9-5-4-8-15(16)17(25-19)13-6-2-1-3-7-13/h1-9,14,19,22H,10-12H2,(H2,23,26)(H,24,27). The molecule has 1 amide bonds. The van der Waals surface area contributed by atoms with Crippen LogP contribution in [0.15, 0.2) is 64.6 Å². The van der Waals surface area contributed by atoms with Gasteiger partial charge in [0.05, 0.1) is 23.9 Å². The number of para-hydroxylation sites is 1. The van der Waals surface area contributed by atoms with Crippen molar-refractivity contribution in [3.63, 3.8) is 0 Å². The van der Waals surface area contributed by atoms with Crippen LogP contribution in [0.1, 0.15) is 17.5 Å². The summed E-state index contributed by atoms with van der Waals surface area (Å²) in [4.78, 5) is 21.4. The van der Waals surface area contributed by atoms with Gasteiger partial charge < -0.3 is 20.5 Å². The molecule has 2 atom stereocenters. The topological polar surface area (TPSA) is 122 Å². The van der Waals surface area contributed by atoms with Crippen molar-refractivity contribution in [1.82, 2.24) is 0 Å². The van der Waals surface area contributed by atoms with Gasteiger partial charge in [-0.15, -0.1) is 0 Å². The second-order valence-corrected chi connectivity index (χ2v) is 6.75. The molecular weight excluding hydrogens is 370 g/mol. The van der Waals surface area contributed by atoms with E-state index in [9.17, 15) is 4.79 Å². The molecule has 0 aromatic heterocycles. The molecule has 0 spiro atoms. The van der Waals surface area contributed by atoms with Gasteiger partial charge in [0.25, 0.3) is 11.9 Å². The van der Waals surface area contributed by atoms with Crippen LogP contribution in [-0.2, 0) is 14.3 Å². The Kier molecular flexibility index (Phi) is 5.35. The third kappa shape index (κ3) is 4.17. The Morgan fingerprint density at radius 3 is 2.72 bits per heavy atom. The normalized spacial score (nSPS) is 21.6. The smallest absolute Gasteiger partial charge is 0.291 e. The summed E-state index contributed by atoms with van der Waals surface area (Å²) < 4.78 is 10.6. The Morgan fingerprint density at radius 1 is 1.21 bits per heavy atom. The molecule has 29 heavy (non-hydrogen) atoms. The summed E-state index contributed by atoms with van der Waals surface area (Å²) in [6, 6.07) is 16.7. The number of nitrogens with two attached hydrogens (primary N) is 1. The molecule has 8 heteroatoms. The number of hydrogen-bond acceptors (Lipinski definition) is 6. The van der Waals surface area contributed by atoms with Crippen molar-refractivity contribution in [2.75, 3.05) is 18.5 Å². The van der Waals surface area contributed by atoms with Crippen molar-refractivity contribution < 1.29 is 14.3 Å². The SMILES string of the molecule is N=C(O/C(N)=N/C1N=C(c2ccccc2)c2ccccc2NC1=O)C1CCOC1. The lowest BCUT2D eigenvalue weighted by molar-refractivity contribution is -0.117. The number of benzodiazepines with no additional fused rings is 1. The monoisotopic (exact) mass is 391 g/mol. The van der Waals surface area contributed by atoms with Crippen molar-refractivity contribution in [3.8, 4) is 0 Å². The molecule has 0 bridgehead atoms. The van der Waals surface area contributed by atoms with Crippen LogP contribution in [0.25, 0.3) is 0 Å². The number of benzene rings is 2. The molecule has 0 radical (unpaired) electrons. The number of nitrogens with zero attached hydrogens (tertiary/aromatic N) is 2. The van der Waals surface area contributed by atoms with Gasteiger partial charge in [0.15, 0.2) is 5.90 Å². The zero-order chi connectivity index (χ0) is 20.2. The maximum atomic E-state index is 12.7. The summed E-state index contributed by atoms with van der Waals surface area (Å²) in [6.07, 6.45) is -0.438. The van der Waals surface area contributed by atoms with Crippen molar-refractivity contribution in [2.45, 2.75) is 12.6 Å². The maximum absolute atomic E-state index is 12.7. The molecule has 0 saturated carbocycles. The van der Waals surface area contributed by atoms with Gasteiger partial charge in [0, 0.05) is 17.7 Å². The molecule has 2 aliphatic heterocycles. The number of amidine groups is 1. The first kappa shape index (κ1) is 18.8. The van der Waals surface area contributed by atoms with E-state index in [1.165, 1.54) is 0 Å². The lowest BCUT2D eigenvalue weighted by Gasteiger charge is -2.12. The highest BCUT2D eigenvalue weighted by Gasteiger charge is 2.27. The number of amides is 1. The number of rotatable bonds is 3. The third-order valence-corrected chi connectivity index (χ3v) is 4.74. The molecule has 2 aliphatic rings. The Morgan fingerprint density at radius 2 is 1.97 bits per heavy atom. The van der Waals surface area contributed by atoms with Crippen LogP contribution in [0, 0.1) is 11.3 Å². The summed E-state index contributed by atoms with van der Waals surface area (Å²) in [7, 11) is 0. The van der Waals surface area contributed by atoms with Crippen molar-refractivity contribution in [2.24, 2.45) is 21.6 Å². The number of carbonyl (C=O) groups is 1. The highest BCUT2D eigenvalue weighted by molar-refractivity contribution is 6.19. The summed E-state index contributed by atoms with van der Waals surface area (Å²) >= 11 is 0. The van der Waals surface area contributed by atoms with Gasteiger partial charge in [-0.1, -0.05) is 48.5 Å². The van der Waals surface area contributed by atoms with Gasteiger partial charge >= 0.3 is 0 Å². The van der Waals surface area contributed by atoms with Gasteiger partial charge in [0.2, 0.25) is 6.17 Å². The van der Waals surface area contributed by atoms with E-state index in [1.807, 2.05) is 54.6 Å². The number of nitrogens with one attached hydrogen (secondary N) is 2. The summed E-state index contributed by atoms with van der Waals surface area (Å²) in [6.45, 7) is 1.00. The van der Waals surface area contributed by atoms with E-state index in [-0.39, 0.29) is 17.8 Å². The van der Waals surface area contributed by atoms with Crippen LogP contribution in [0.4, 0.5) is 5.69 Å². The van der Waals surface area contributed by atoms with E-state index in [1.54, 1.807) is 0 Å². The Balaban J connectivity index is 1.66. The molecule has 2 aromatic rings. The van der Waals surface area contributed by atoms with Crippen molar-refractivity contribution in [3.05, 3.63) is 65.7 Å². The second kappa shape index (κ2) is 8.24. The minimum Gasteiger partial charge on any atom is -0.411 e. The molecule has 1 saturated heterocycles. The van der Waals surface area contributed by atoms with E-state index < -0.39 is 12.1 Å². The van der Waals surface area contributed by atoms with E-state index in [0.717, 1.165) is 11.1 Å².